The van der Waals surface area contributed by atoms with Crippen LogP contribution < -0.4 is 10.9 Å². The molecule has 1 saturated carbocycles. The minimum Gasteiger partial charge on any atom is -0.380 e. The predicted octanol–water partition coefficient (Wildman–Crippen LogP) is 1.64. The Morgan fingerprint density at radius 3 is 3.14 bits per heavy atom. The van der Waals surface area contributed by atoms with E-state index in [1.807, 2.05) is 0 Å². The third-order valence-corrected chi connectivity index (χ3v) is 2.53. The fourth-order valence-corrected chi connectivity index (χ4v) is 1.48. The molecule has 14 heavy (non-hydrogen) atoms. The Bertz CT molecular complexity index is 373. The van der Waals surface area contributed by atoms with Crippen molar-refractivity contribution < 1.29 is 0 Å². The summed E-state index contributed by atoms with van der Waals surface area (Å²) in [5.74, 6) is 0.860. The Morgan fingerprint density at radius 1 is 1.64 bits per heavy atom. The van der Waals surface area contributed by atoms with Crippen LogP contribution in [0, 0.1) is 5.92 Å². The molecule has 0 unspecified atom stereocenters. The van der Waals surface area contributed by atoms with Crippen LogP contribution in [0.25, 0.3) is 0 Å². The van der Waals surface area contributed by atoms with Gasteiger partial charge < -0.3 is 5.32 Å². The van der Waals surface area contributed by atoms with Gasteiger partial charge in [0.1, 0.15) is 5.69 Å². The van der Waals surface area contributed by atoms with Gasteiger partial charge in [0.05, 0.1) is 0 Å². The topological polar surface area (TPSA) is 57.8 Å². The van der Waals surface area contributed by atoms with Crippen LogP contribution in [0.5, 0.6) is 0 Å². The van der Waals surface area contributed by atoms with Crippen molar-refractivity contribution in [2.45, 2.75) is 19.3 Å². The van der Waals surface area contributed by atoms with Crippen molar-refractivity contribution in [3.8, 4) is 0 Å². The molecule has 1 aromatic rings. The quantitative estimate of drug-likeness (QED) is 0.800. The molecule has 0 amide bonds. The lowest BCUT2D eigenvalue weighted by Crippen LogP contribution is -2.16. The molecule has 1 heterocycles. The van der Waals surface area contributed by atoms with Gasteiger partial charge in [-0.25, -0.2) is 5.10 Å². The second-order valence-corrected chi connectivity index (χ2v) is 3.98. The van der Waals surface area contributed by atoms with Crippen LogP contribution in [0.2, 0.25) is 5.15 Å². The van der Waals surface area contributed by atoms with Crippen molar-refractivity contribution in [3.63, 3.8) is 0 Å². The Hall–Kier alpha value is -1.03. The van der Waals surface area contributed by atoms with Gasteiger partial charge in [-0.3, -0.25) is 4.79 Å². The highest BCUT2D eigenvalue weighted by Gasteiger charge is 2.20. The zero-order valence-electron chi connectivity index (χ0n) is 7.72. The average molecular weight is 214 g/mol. The Balaban J connectivity index is 1.93. The fourth-order valence-electron chi connectivity index (χ4n) is 1.33. The zero-order valence-corrected chi connectivity index (χ0v) is 8.47. The summed E-state index contributed by atoms with van der Waals surface area (Å²) in [6.45, 7) is 0.827. The number of rotatable bonds is 4. The summed E-state index contributed by atoms with van der Waals surface area (Å²) in [6.07, 6.45) is 3.78. The smallest absolute Gasteiger partial charge is 0.287 e. The standard InChI is InChI=1S/C9H12ClN3O/c10-8-5-7(9(14)13-12-8)11-4-3-6-1-2-6/h5-6H,1-4H2,(H,11,12)(H,13,14). The molecule has 0 bridgehead atoms. The van der Waals surface area contributed by atoms with E-state index in [0.29, 0.717) is 10.8 Å². The van der Waals surface area contributed by atoms with Crippen LogP contribution >= 0.6 is 11.6 Å². The normalized spacial score (nSPS) is 15.5. The van der Waals surface area contributed by atoms with E-state index in [-0.39, 0.29) is 5.56 Å². The molecule has 0 aliphatic heterocycles. The maximum Gasteiger partial charge on any atom is 0.287 e. The van der Waals surface area contributed by atoms with Gasteiger partial charge in [0, 0.05) is 12.6 Å². The molecule has 76 valence electrons. The summed E-state index contributed by atoms with van der Waals surface area (Å²) in [7, 11) is 0. The third kappa shape index (κ3) is 2.48. The highest BCUT2D eigenvalue weighted by molar-refractivity contribution is 6.29. The number of aromatic amines is 1. The molecule has 0 aromatic carbocycles. The second kappa shape index (κ2) is 4.00. The van der Waals surface area contributed by atoms with E-state index >= 15 is 0 Å². The van der Waals surface area contributed by atoms with E-state index in [2.05, 4.69) is 15.5 Å². The first-order valence-electron chi connectivity index (χ1n) is 4.75. The minimum absolute atomic E-state index is 0.217. The van der Waals surface area contributed by atoms with Gasteiger partial charge in [0.2, 0.25) is 0 Å². The highest BCUT2D eigenvalue weighted by Crippen LogP contribution is 2.31. The van der Waals surface area contributed by atoms with Gasteiger partial charge in [-0.2, -0.15) is 5.10 Å². The Morgan fingerprint density at radius 2 is 2.43 bits per heavy atom. The average Bonchev–Trinajstić information content (AvgIpc) is 2.95. The van der Waals surface area contributed by atoms with E-state index < -0.39 is 0 Å². The molecule has 0 radical (unpaired) electrons. The van der Waals surface area contributed by atoms with Crippen LogP contribution in [0.4, 0.5) is 5.69 Å². The van der Waals surface area contributed by atoms with Crippen molar-refractivity contribution in [2.24, 2.45) is 5.92 Å². The summed E-state index contributed by atoms with van der Waals surface area (Å²) < 4.78 is 0. The van der Waals surface area contributed by atoms with E-state index in [4.69, 9.17) is 11.6 Å². The first-order valence-corrected chi connectivity index (χ1v) is 5.12. The molecular formula is C9H12ClN3O. The van der Waals surface area contributed by atoms with E-state index in [1.54, 1.807) is 6.07 Å². The number of anilines is 1. The van der Waals surface area contributed by atoms with Crippen molar-refractivity contribution in [3.05, 3.63) is 21.6 Å². The van der Waals surface area contributed by atoms with Crippen LogP contribution in [0.15, 0.2) is 10.9 Å². The third-order valence-electron chi connectivity index (χ3n) is 2.34. The summed E-state index contributed by atoms with van der Waals surface area (Å²) in [6, 6.07) is 1.55. The minimum atomic E-state index is -0.217. The van der Waals surface area contributed by atoms with Crippen LogP contribution in [0.3, 0.4) is 0 Å². The van der Waals surface area contributed by atoms with E-state index in [9.17, 15) is 4.79 Å². The first kappa shape index (κ1) is 9.52. The van der Waals surface area contributed by atoms with Gasteiger partial charge in [-0.05, 0) is 12.3 Å². The maximum atomic E-state index is 11.2. The molecule has 1 fully saturated rings. The fraction of sp³-hybridized carbons (Fsp3) is 0.556. The number of hydrogen-bond donors (Lipinski definition) is 2. The van der Waals surface area contributed by atoms with Gasteiger partial charge in [-0.15, -0.1) is 0 Å². The van der Waals surface area contributed by atoms with Gasteiger partial charge >= 0.3 is 0 Å². The molecule has 1 aliphatic rings. The summed E-state index contributed by atoms with van der Waals surface area (Å²) in [5.41, 5.74) is 0.288. The van der Waals surface area contributed by atoms with Crippen molar-refractivity contribution >= 4 is 17.3 Å². The lowest BCUT2D eigenvalue weighted by molar-refractivity contribution is 0.758. The Labute approximate surface area is 86.7 Å². The van der Waals surface area contributed by atoms with Gasteiger partial charge in [0.15, 0.2) is 5.15 Å². The highest BCUT2D eigenvalue weighted by atomic mass is 35.5. The number of nitrogens with one attached hydrogen (secondary N) is 2. The molecule has 1 aromatic heterocycles. The lowest BCUT2D eigenvalue weighted by atomic mass is 10.3. The van der Waals surface area contributed by atoms with Crippen LogP contribution in [0.1, 0.15) is 19.3 Å². The molecule has 5 heteroatoms. The Kier molecular flexibility index (Phi) is 2.72. The molecule has 0 saturated heterocycles. The number of hydrogen-bond acceptors (Lipinski definition) is 3. The number of halogens is 1. The zero-order chi connectivity index (χ0) is 9.97. The number of aromatic nitrogens is 2. The van der Waals surface area contributed by atoms with Gasteiger partial charge in [-0.1, -0.05) is 24.4 Å². The van der Waals surface area contributed by atoms with Gasteiger partial charge in [0.25, 0.3) is 5.56 Å². The number of nitrogens with zero attached hydrogens (tertiary/aromatic N) is 1. The van der Waals surface area contributed by atoms with E-state index in [0.717, 1.165) is 18.9 Å². The van der Waals surface area contributed by atoms with Crippen molar-refractivity contribution in [2.75, 3.05) is 11.9 Å². The molecular weight excluding hydrogens is 202 g/mol. The summed E-state index contributed by atoms with van der Waals surface area (Å²) in [5, 5.41) is 9.27. The molecule has 4 nitrogen and oxygen atoms in total. The van der Waals surface area contributed by atoms with Crippen LogP contribution in [-0.2, 0) is 0 Å². The monoisotopic (exact) mass is 213 g/mol. The SMILES string of the molecule is O=c1[nH]nc(Cl)cc1NCCC1CC1. The molecule has 2 rings (SSSR count). The molecule has 0 atom stereocenters. The number of H-pyrrole nitrogens is 1. The molecule has 0 spiro atoms. The van der Waals surface area contributed by atoms with Crippen molar-refractivity contribution in [1.82, 2.24) is 10.2 Å². The second-order valence-electron chi connectivity index (χ2n) is 3.59. The first-order chi connectivity index (χ1) is 6.75. The van der Waals surface area contributed by atoms with E-state index in [1.165, 1.54) is 12.8 Å². The van der Waals surface area contributed by atoms with Crippen molar-refractivity contribution in [1.29, 1.82) is 0 Å². The summed E-state index contributed by atoms with van der Waals surface area (Å²) in [4.78, 5) is 11.2. The summed E-state index contributed by atoms with van der Waals surface area (Å²) >= 11 is 5.65. The largest absolute Gasteiger partial charge is 0.380 e. The lowest BCUT2D eigenvalue weighted by Gasteiger charge is -2.03. The molecule has 1 aliphatic carbocycles. The molecule has 2 N–H and O–H groups in total. The predicted molar refractivity (Wildman–Crippen MR) is 55.7 cm³/mol. The maximum absolute atomic E-state index is 11.2. The van der Waals surface area contributed by atoms with Crippen LogP contribution in [-0.4, -0.2) is 16.7 Å².